The molecule has 106 valence electrons. The molecule has 1 rings (SSSR count). The molecular weight excluding hydrogens is 228 g/mol. The molecule has 0 aliphatic carbocycles. The molecule has 1 saturated heterocycles. The summed E-state index contributed by atoms with van der Waals surface area (Å²) in [5, 5.41) is 3.28. The molecule has 0 bridgehead atoms. The minimum Gasteiger partial charge on any atom is -0.446 e. The fraction of sp³-hybridized carbons (Fsp3) is 0.929. The molecule has 1 fully saturated rings. The average molecular weight is 256 g/mol. The Morgan fingerprint density at radius 2 is 2.17 bits per heavy atom. The molecule has 2 atom stereocenters. The molecule has 0 aromatic rings. The van der Waals surface area contributed by atoms with Crippen LogP contribution in [0.15, 0.2) is 0 Å². The van der Waals surface area contributed by atoms with E-state index in [0.717, 1.165) is 32.5 Å². The Morgan fingerprint density at radius 1 is 1.50 bits per heavy atom. The number of piperazine rings is 1. The van der Waals surface area contributed by atoms with E-state index in [4.69, 9.17) is 4.74 Å². The lowest BCUT2D eigenvalue weighted by Crippen LogP contribution is -2.53. The van der Waals surface area contributed by atoms with E-state index < -0.39 is 0 Å². The van der Waals surface area contributed by atoms with Gasteiger partial charge >= 0.3 is 6.09 Å². The van der Waals surface area contributed by atoms with Gasteiger partial charge in [0.05, 0.1) is 0 Å². The maximum absolute atomic E-state index is 12.2. The molecule has 1 N–H and O–H groups in total. The first-order valence-corrected chi connectivity index (χ1v) is 7.04. The molecule has 0 saturated carbocycles. The predicted molar refractivity (Wildman–Crippen MR) is 73.7 cm³/mol. The van der Waals surface area contributed by atoms with Crippen molar-refractivity contribution < 1.29 is 9.53 Å². The first kappa shape index (κ1) is 15.3. The Balaban J connectivity index is 2.60. The molecule has 1 aliphatic rings. The Hall–Kier alpha value is -0.770. The summed E-state index contributed by atoms with van der Waals surface area (Å²) in [6.07, 6.45) is 1.80. The summed E-state index contributed by atoms with van der Waals surface area (Å²) in [6.45, 7) is 13.0. The summed E-state index contributed by atoms with van der Waals surface area (Å²) in [5.41, 5.74) is 0.00292. The molecule has 1 heterocycles. The van der Waals surface area contributed by atoms with E-state index in [1.54, 1.807) is 0 Å². The van der Waals surface area contributed by atoms with E-state index >= 15 is 0 Å². The van der Waals surface area contributed by atoms with Crippen molar-refractivity contribution in [3.63, 3.8) is 0 Å². The molecule has 0 radical (unpaired) electrons. The van der Waals surface area contributed by atoms with Gasteiger partial charge in [-0.15, -0.1) is 0 Å². The topological polar surface area (TPSA) is 41.6 Å². The summed E-state index contributed by atoms with van der Waals surface area (Å²) < 4.78 is 5.72. The number of hydrogen-bond acceptors (Lipinski definition) is 3. The van der Waals surface area contributed by atoms with Crippen LogP contribution >= 0.6 is 0 Å². The number of amides is 1. The van der Waals surface area contributed by atoms with Gasteiger partial charge in [-0.25, -0.2) is 4.79 Å². The van der Waals surface area contributed by atoms with Crippen molar-refractivity contribution >= 4 is 6.09 Å². The summed E-state index contributed by atoms with van der Waals surface area (Å²) >= 11 is 0. The van der Waals surface area contributed by atoms with Gasteiger partial charge < -0.3 is 15.0 Å². The molecule has 4 nitrogen and oxygen atoms in total. The summed E-state index contributed by atoms with van der Waals surface area (Å²) in [7, 11) is 0. The zero-order chi connectivity index (χ0) is 13.8. The molecule has 0 aromatic carbocycles. The first-order valence-electron chi connectivity index (χ1n) is 7.04. The molecular formula is C14H28N2O2. The van der Waals surface area contributed by atoms with Gasteiger partial charge in [0.1, 0.15) is 6.10 Å². The van der Waals surface area contributed by atoms with Gasteiger partial charge in [0.15, 0.2) is 0 Å². The maximum atomic E-state index is 12.2. The monoisotopic (exact) mass is 256 g/mol. The molecule has 0 aromatic heterocycles. The highest BCUT2D eigenvalue weighted by Gasteiger charge is 2.31. The molecule has 1 aliphatic heterocycles. The minimum absolute atomic E-state index is 0.00270. The number of rotatable bonds is 3. The summed E-state index contributed by atoms with van der Waals surface area (Å²) in [6, 6.07) is 0.216. The lowest BCUT2D eigenvalue weighted by atomic mass is 9.86. The van der Waals surface area contributed by atoms with Crippen molar-refractivity contribution in [2.75, 3.05) is 19.6 Å². The fourth-order valence-electron chi connectivity index (χ4n) is 2.23. The number of hydrogen-bond donors (Lipinski definition) is 1. The van der Waals surface area contributed by atoms with Crippen LogP contribution in [0.4, 0.5) is 4.79 Å². The highest BCUT2D eigenvalue weighted by atomic mass is 16.6. The third-order valence-electron chi connectivity index (χ3n) is 3.50. The standard InChI is InChI=1S/C14H28N2O2/c1-6-7-12(14(3,4)5)18-13(17)16-9-8-15-10-11(16)2/h11-12,15H,6-10H2,1-5H3/t11-,12?/m0/s1. The van der Waals surface area contributed by atoms with Crippen LogP contribution in [0.2, 0.25) is 0 Å². The molecule has 1 amide bonds. The molecule has 4 heteroatoms. The smallest absolute Gasteiger partial charge is 0.410 e. The normalized spacial score (nSPS) is 22.7. The highest BCUT2D eigenvalue weighted by molar-refractivity contribution is 5.68. The van der Waals surface area contributed by atoms with E-state index in [1.807, 2.05) is 4.90 Å². The molecule has 18 heavy (non-hydrogen) atoms. The lowest BCUT2D eigenvalue weighted by Gasteiger charge is -2.37. The largest absolute Gasteiger partial charge is 0.446 e. The van der Waals surface area contributed by atoms with Gasteiger partial charge in [0, 0.05) is 25.7 Å². The first-order chi connectivity index (χ1) is 8.36. The van der Waals surface area contributed by atoms with E-state index in [0.29, 0.717) is 0 Å². The third-order valence-corrected chi connectivity index (χ3v) is 3.50. The van der Waals surface area contributed by atoms with Crippen molar-refractivity contribution in [1.82, 2.24) is 10.2 Å². The third kappa shape index (κ3) is 4.16. The van der Waals surface area contributed by atoms with Gasteiger partial charge in [0.2, 0.25) is 0 Å². The molecule has 0 spiro atoms. The number of nitrogens with one attached hydrogen (secondary N) is 1. The highest BCUT2D eigenvalue weighted by Crippen LogP contribution is 2.26. The number of carbonyl (C=O) groups is 1. The lowest BCUT2D eigenvalue weighted by molar-refractivity contribution is -0.00303. The summed E-state index contributed by atoms with van der Waals surface area (Å²) in [4.78, 5) is 14.1. The fourth-order valence-corrected chi connectivity index (χ4v) is 2.23. The Bertz CT molecular complexity index is 273. The van der Waals surface area contributed by atoms with Crippen molar-refractivity contribution in [2.45, 2.75) is 59.6 Å². The van der Waals surface area contributed by atoms with Crippen LogP contribution in [0.1, 0.15) is 47.5 Å². The predicted octanol–water partition coefficient (Wildman–Crippen LogP) is 2.63. The van der Waals surface area contributed by atoms with E-state index in [1.165, 1.54) is 0 Å². The van der Waals surface area contributed by atoms with Gasteiger partial charge in [-0.2, -0.15) is 0 Å². The maximum Gasteiger partial charge on any atom is 0.410 e. The Morgan fingerprint density at radius 3 is 2.67 bits per heavy atom. The zero-order valence-corrected chi connectivity index (χ0v) is 12.5. The van der Waals surface area contributed by atoms with Crippen molar-refractivity contribution in [2.24, 2.45) is 5.41 Å². The number of nitrogens with zero attached hydrogens (tertiary/aromatic N) is 1. The van der Waals surface area contributed by atoms with Gasteiger partial charge in [-0.3, -0.25) is 0 Å². The molecule has 1 unspecified atom stereocenters. The van der Waals surface area contributed by atoms with Crippen LogP contribution in [-0.2, 0) is 4.74 Å². The van der Waals surface area contributed by atoms with Crippen LogP contribution in [0.3, 0.4) is 0 Å². The van der Waals surface area contributed by atoms with Crippen LogP contribution in [0, 0.1) is 5.41 Å². The Labute approximate surface area is 111 Å². The van der Waals surface area contributed by atoms with Crippen LogP contribution in [0.25, 0.3) is 0 Å². The van der Waals surface area contributed by atoms with Crippen LogP contribution in [-0.4, -0.2) is 42.8 Å². The average Bonchev–Trinajstić information content (AvgIpc) is 2.27. The SMILES string of the molecule is CCCC(OC(=O)N1CCNC[C@@H]1C)C(C)(C)C. The summed E-state index contributed by atoms with van der Waals surface area (Å²) in [5.74, 6) is 0. The van der Waals surface area contributed by atoms with Crippen molar-refractivity contribution in [3.05, 3.63) is 0 Å². The van der Waals surface area contributed by atoms with Crippen LogP contribution in [0.5, 0.6) is 0 Å². The van der Waals surface area contributed by atoms with Gasteiger partial charge in [-0.1, -0.05) is 34.1 Å². The number of carbonyl (C=O) groups excluding carboxylic acids is 1. The van der Waals surface area contributed by atoms with Gasteiger partial charge in [-0.05, 0) is 18.8 Å². The second kappa shape index (κ2) is 6.41. The van der Waals surface area contributed by atoms with Crippen molar-refractivity contribution in [3.8, 4) is 0 Å². The number of ether oxygens (including phenoxy) is 1. The quantitative estimate of drug-likeness (QED) is 0.844. The van der Waals surface area contributed by atoms with E-state index in [2.05, 4.69) is 39.9 Å². The van der Waals surface area contributed by atoms with E-state index in [9.17, 15) is 4.79 Å². The van der Waals surface area contributed by atoms with Gasteiger partial charge in [0.25, 0.3) is 0 Å². The zero-order valence-electron chi connectivity index (χ0n) is 12.5. The van der Waals surface area contributed by atoms with Crippen LogP contribution < -0.4 is 5.32 Å². The van der Waals surface area contributed by atoms with E-state index in [-0.39, 0.29) is 23.7 Å². The Kier molecular flexibility index (Phi) is 5.45. The second-order valence-electron chi connectivity index (χ2n) is 6.27. The van der Waals surface area contributed by atoms with Crippen molar-refractivity contribution in [1.29, 1.82) is 0 Å². The minimum atomic E-state index is -0.155. The second-order valence-corrected chi connectivity index (χ2v) is 6.27.